The van der Waals surface area contributed by atoms with Gasteiger partial charge >= 0.3 is 6.61 Å². The second kappa shape index (κ2) is 9.41. The molecule has 0 radical (unpaired) electrons. The van der Waals surface area contributed by atoms with Crippen molar-refractivity contribution in [3.63, 3.8) is 0 Å². The molecule has 0 atom stereocenters. The number of alkyl halides is 2. The number of ether oxygens (including phenoxy) is 1. The lowest BCUT2D eigenvalue weighted by Crippen LogP contribution is -2.43. The van der Waals surface area contributed by atoms with Crippen LogP contribution in [0.15, 0.2) is 60.8 Å². The molecule has 3 rings (SSSR count). The smallest absolute Gasteiger partial charge is 0.387 e. The highest BCUT2D eigenvalue weighted by Gasteiger charge is 2.16. The molecule has 0 unspecified atom stereocenters. The van der Waals surface area contributed by atoms with Crippen LogP contribution in [0, 0.1) is 5.82 Å². The summed E-state index contributed by atoms with van der Waals surface area (Å²) >= 11 is 0. The molecule has 1 aliphatic rings. The number of carbonyl (C=O) groups is 1. The molecule has 28 heavy (non-hydrogen) atoms. The Bertz CT molecular complexity index is 834. The highest BCUT2D eigenvalue weighted by Crippen LogP contribution is 2.17. The van der Waals surface area contributed by atoms with Crippen molar-refractivity contribution in [1.82, 2.24) is 9.80 Å². The van der Waals surface area contributed by atoms with Crippen LogP contribution in [0.4, 0.5) is 13.2 Å². The van der Waals surface area contributed by atoms with Crippen LogP contribution >= 0.6 is 0 Å². The Labute approximate surface area is 161 Å². The Hall–Kier alpha value is -2.80. The average molecular weight is 390 g/mol. The van der Waals surface area contributed by atoms with Gasteiger partial charge in [-0.25, -0.2) is 4.39 Å². The molecule has 0 amide bonds. The Kier molecular flexibility index (Phi) is 6.71. The molecule has 1 heterocycles. The molecule has 1 aliphatic heterocycles. The molecule has 4 nitrogen and oxygen atoms in total. The predicted molar refractivity (Wildman–Crippen MR) is 99.8 cm³/mol. The van der Waals surface area contributed by atoms with Crippen LogP contribution in [-0.2, 0) is 6.54 Å². The van der Waals surface area contributed by atoms with Crippen molar-refractivity contribution in [3.05, 3.63) is 77.8 Å². The number of carbonyl (C=O) groups excluding carboxylic acids is 1. The van der Waals surface area contributed by atoms with E-state index in [0.29, 0.717) is 25.2 Å². The first-order chi connectivity index (χ1) is 13.5. The van der Waals surface area contributed by atoms with Crippen molar-refractivity contribution in [1.29, 1.82) is 0 Å². The number of halogens is 3. The molecular weight excluding hydrogens is 369 g/mol. The standard InChI is InChI=1S/C21H21F3N2O2/c22-19-7-2-1-4-17(19)15-26-12-10-25(11-13-26)9-8-20(27)16-5-3-6-18(14-16)28-21(23)24/h1-9,14,21H,10-13,15H2. The third-order valence-electron chi connectivity index (χ3n) is 4.54. The van der Waals surface area contributed by atoms with Crippen molar-refractivity contribution in [2.75, 3.05) is 26.2 Å². The van der Waals surface area contributed by atoms with Gasteiger partial charge in [0.2, 0.25) is 0 Å². The molecule has 2 aromatic carbocycles. The molecule has 148 valence electrons. The number of hydrogen-bond acceptors (Lipinski definition) is 4. The Morgan fingerprint density at radius 1 is 1.07 bits per heavy atom. The van der Waals surface area contributed by atoms with Crippen molar-refractivity contribution >= 4 is 5.78 Å². The monoisotopic (exact) mass is 390 g/mol. The van der Waals surface area contributed by atoms with Crippen LogP contribution in [0.25, 0.3) is 0 Å². The predicted octanol–water partition coefficient (Wildman–Crippen LogP) is 3.94. The maximum atomic E-state index is 13.8. The van der Waals surface area contributed by atoms with Crippen LogP contribution in [-0.4, -0.2) is 48.4 Å². The SMILES string of the molecule is O=C(C=CN1CCN(Cc2ccccc2F)CC1)c1cccc(OC(F)F)c1. The lowest BCUT2D eigenvalue weighted by Gasteiger charge is -2.34. The molecule has 0 spiro atoms. The van der Waals surface area contributed by atoms with Crippen LogP contribution in [0.1, 0.15) is 15.9 Å². The van der Waals surface area contributed by atoms with Gasteiger partial charge in [0.1, 0.15) is 11.6 Å². The fourth-order valence-electron chi connectivity index (χ4n) is 3.03. The third-order valence-corrected chi connectivity index (χ3v) is 4.54. The van der Waals surface area contributed by atoms with Crippen molar-refractivity contribution in [2.45, 2.75) is 13.2 Å². The summed E-state index contributed by atoms with van der Waals surface area (Å²) in [6.07, 6.45) is 3.14. The van der Waals surface area contributed by atoms with Gasteiger partial charge in [-0.05, 0) is 18.2 Å². The van der Waals surface area contributed by atoms with E-state index < -0.39 is 6.61 Å². The maximum absolute atomic E-state index is 13.8. The molecule has 0 saturated carbocycles. The van der Waals surface area contributed by atoms with E-state index in [4.69, 9.17) is 0 Å². The topological polar surface area (TPSA) is 32.8 Å². The Morgan fingerprint density at radius 3 is 2.54 bits per heavy atom. The average Bonchev–Trinajstić information content (AvgIpc) is 2.68. The van der Waals surface area contributed by atoms with E-state index in [1.807, 2.05) is 11.0 Å². The molecule has 7 heteroatoms. The minimum absolute atomic E-state index is 0.0454. The van der Waals surface area contributed by atoms with E-state index in [0.717, 1.165) is 13.1 Å². The molecule has 0 N–H and O–H groups in total. The minimum Gasteiger partial charge on any atom is -0.435 e. The summed E-state index contributed by atoms with van der Waals surface area (Å²) in [5.74, 6) is -0.530. The maximum Gasteiger partial charge on any atom is 0.387 e. The second-order valence-corrected chi connectivity index (χ2v) is 6.49. The first kappa shape index (κ1) is 19.9. The zero-order chi connectivity index (χ0) is 19.9. The third kappa shape index (κ3) is 5.60. The molecule has 0 bridgehead atoms. The van der Waals surface area contributed by atoms with Crippen LogP contribution in [0.2, 0.25) is 0 Å². The van der Waals surface area contributed by atoms with E-state index in [1.165, 1.54) is 30.3 Å². The van der Waals surface area contributed by atoms with E-state index in [-0.39, 0.29) is 22.9 Å². The lowest BCUT2D eigenvalue weighted by molar-refractivity contribution is -0.0498. The van der Waals surface area contributed by atoms with Crippen molar-refractivity contribution < 1.29 is 22.7 Å². The van der Waals surface area contributed by atoms with Gasteiger partial charge in [-0.1, -0.05) is 30.3 Å². The van der Waals surface area contributed by atoms with Gasteiger partial charge in [-0.15, -0.1) is 0 Å². The largest absolute Gasteiger partial charge is 0.435 e. The van der Waals surface area contributed by atoms with Crippen LogP contribution in [0.5, 0.6) is 5.75 Å². The highest BCUT2D eigenvalue weighted by molar-refractivity contribution is 6.04. The molecule has 0 aromatic heterocycles. The molecular formula is C21H21F3N2O2. The number of nitrogens with zero attached hydrogens (tertiary/aromatic N) is 2. The van der Waals surface area contributed by atoms with Gasteiger partial charge in [0.15, 0.2) is 5.78 Å². The minimum atomic E-state index is -2.93. The van der Waals surface area contributed by atoms with Gasteiger partial charge in [0.25, 0.3) is 0 Å². The van der Waals surface area contributed by atoms with Crippen molar-refractivity contribution in [2.24, 2.45) is 0 Å². The lowest BCUT2D eigenvalue weighted by atomic mass is 10.1. The summed E-state index contributed by atoms with van der Waals surface area (Å²) in [7, 11) is 0. The van der Waals surface area contributed by atoms with Crippen molar-refractivity contribution in [3.8, 4) is 5.75 Å². The summed E-state index contributed by atoms with van der Waals surface area (Å²) in [6.45, 7) is 0.566. The van der Waals surface area contributed by atoms with E-state index in [9.17, 15) is 18.0 Å². The van der Waals surface area contributed by atoms with Gasteiger partial charge < -0.3 is 9.64 Å². The summed E-state index contributed by atoms with van der Waals surface area (Å²) in [5, 5.41) is 0. The van der Waals surface area contributed by atoms with Gasteiger partial charge in [-0.3, -0.25) is 9.69 Å². The summed E-state index contributed by atoms with van der Waals surface area (Å²) in [6, 6.07) is 12.5. The summed E-state index contributed by atoms with van der Waals surface area (Å²) in [4.78, 5) is 16.4. The zero-order valence-corrected chi connectivity index (χ0v) is 15.2. The van der Waals surface area contributed by atoms with E-state index in [1.54, 1.807) is 24.4 Å². The van der Waals surface area contributed by atoms with E-state index >= 15 is 0 Å². The normalized spacial score (nSPS) is 15.4. The molecule has 0 aliphatic carbocycles. The quantitative estimate of drug-likeness (QED) is 0.530. The number of hydrogen-bond donors (Lipinski definition) is 0. The van der Waals surface area contributed by atoms with Gasteiger partial charge in [0.05, 0.1) is 0 Å². The summed E-state index contributed by atoms with van der Waals surface area (Å²) < 4.78 is 42.6. The fourth-order valence-corrected chi connectivity index (χ4v) is 3.03. The number of ketones is 1. The molecule has 1 saturated heterocycles. The van der Waals surface area contributed by atoms with Gasteiger partial charge in [-0.2, -0.15) is 8.78 Å². The fraction of sp³-hybridized carbons (Fsp3) is 0.286. The molecule has 1 fully saturated rings. The number of allylic oxidation sites excluding steroid dienone is 1. The number of benzene rings is 2. The summed E-state index contributed by atoms with van der Waals surface area (Å²) in [5.41, 5.74) is 0.958. The molecule has 2 aromatic rings. The first-order valence-electron chi connectivity index (χ1n) is 8.98. The van der Waals surface area contributed by atoms with Crippen LogP contribution < -0.4 is 4.74 Å². The van der Waals surface area contributed by atoms with Gasteiger partial charge in [0, 0.05) is 56.1 Å². The second-order valence-electron chi connectivity index (χ2n) is 6.49. The zero-order valence-electron chi connectivity index (χ0n) is 15.2. The first-order valence-corrected chi connectivity index (χ1v) is 8.98. The number of piperazine rings is 1. The Morgan fingerprint density at radius 2 is 1.82 bits per heavy atom. The highest BCUT2D eigenvalue weighted by atomic mass is 19.3. The van der Waals surface area contributed by atoms with E-state index in [2.05, 4.69) is 9.64 Å². The Balaban J connectivity index is 1.51. The van der Waals surface area contributed by atoms with Crippen LogP contribution in [0.3, 0.4) is 0 Å². The number of rotatable bonds is 7.